The lowest BCUT2D eigenvalue weighted by Crippen LogP contribution is -2.19. The van der Waals surface area contributed by atoms with Crippen LogP contribution in [0.15, 0.2) is 0 Å². The van der Waals surface area contributed by atoms with Gasteiger partial charge in [-0.3, -0.25) is 0 Å². The average Bonchev–Trinajstić information content (AvgIpc) is 1.89. The lowest BCUT2D eigenvalue weighted by molar-refractivity contribution is 0.139. The highest BCUT2D eigenvalue weighted by atomic mass is 127. The minimum absolute atomic E-state index is 0.481. The normalized spacial score (nSPS) is 13.7. The van der Waals surface area contributed by atoms with Crippen LogP contribution in [0.2, 0.25) is 0 Å². The molecule has 2 nitrogen and oxygen atoms in total. The summed E-state index contributed by atoms with van der Waals surface area (Å²) in [7, 11) is 0. The van der Waals surface area contributed by atoms with Crippen LogP contribution in [0, 0.1) is 0 Å². The zero-order valence-corrected chi connectivity index (χ0v) is 7.93. The molecule has 0 aliphatic heterocycles. The second-order valence-electron chi connectivity index (χ2n) is 1.91. The van der Waals surface area contributed by atoms with Crippen molar-refractivity contribution in [1.82, 2.24) is 0 Å². The van der Waals surface area contributed by atoms with Gasteiger partial charge < -0.3 is 10.5 Å². The first-order chi connectivity index (χ1) is 4.31. The molecule has 3 heteroatoms. The first kappa shape index (κ1) is 9.65. The first-order valence-corrected chi connectivity index (χ1v) is 4.47. The Morgan fingerprint density at radius 3 is 2.78 bits per heavy atom. The Kier molecular flexibility index (Phi) is 7.25. The molecule has 9 heavy (non-hydrogen) atoms. The van der Waals surface area contributed by atoms with E-state index >= 15 is 0 Å². The number of ether oxygens (including phenoxy) is 1. The largest absolute Gasteiger partial charge is 0.380 e. The molecule has 0 rings (SSSR count). The van der Waals surface area contributed by atoms with Gasteiger partial charge in [-0.1, -0.05) is 29.5 Å². The van der Waals surface area contributed by atoms with E-state index in [1.165, 1.54) is 0 Å². The van der Waals surface area contributed by atoms with Crippen LogP contribution < -0.4 is 5.73 Å². The van der Waals surface area contributed by atoms with Crippen molar-refractivity contribution in [3.63, 3.8) is 0 Å². The highest BCUT2D eigenvalue weighted by Crippen LogP contribution is 1.97. The van der Waals surface area contributed by atoms with Crippen molar-refractivity contribution in [2.24, 2.45) is 5.73 Å². The number of nitrogens with two attached hydrogens (primary N) is 1. The van der Waals surface area contributed by atoms with Crippen molar-refractivity contribution < 1.29 is 4.74 Å². The van der Waals surface area contributed by atoms with Gasteiger partial charge in [-0.25, -0.2) is 0 Å². The summed E-state index contributed by atoms with van der Waals surface area (Å²) in [4.78, 5) is 0. The van der Waals surface area contributed by atoms with E-state index in [-0.39, 0.29) is 0 Å². The lowest BCUT2D eigenvalue weighted by Gasteiger charge is -2.05. The molecule has 0 aromatic heterocycles. The van der Waals surface area contributed by atoms with Gasteiger partial charge >= 0.3 is 0 Å². The third-order valence-corrected chi connectivity index (χ3v) is 1.77. The van der Waals surface area contributed by atoms with Gasteiger partial charge in [-0.05, 0) is 6.42 Å². The van der Waals surface area contributed by atoms with E-state index in [1.54, 1.807) is 0 Å². The first-order valence-electron chi connectivity index (χ1n) is 3.23. The summed E-state index contributed by atoms with van der Waals surface area (Å²) < 4.78 is 5.73. The van der Waals surface area contributed by atoms with Crippen molar-refractivity contribution in [3.8, 4) is 0 Å². The molecule has 0 fully saturated rings. The molecular formula is C6H14INO. The monoisotopic (exact) mass is 243 g/mol. The highest BCUT2D eigenvalue weighted by molar-refractivity contribution is 14.1. The van der Waals surface area contributed by atoms with Gasteiger partial charge in [0.1, 0.15) is 0 Å². The molecule has 0 spiro atoms. The second-order valence-corrected chi connectivity index (χ2v) is 3.67. The molecule has 0 amide bonds. The van der Waals surface area contributed by atoms with Gasteiger partial charge in [-0.15, -0.1) is 0 Å². The van der Waals surface area contributed by atoms with Crippen LogP contribution in [0.4, 0.5) is 0 Å². The van der Waals surface area contributed by atoms with Crippen molar-refractivity contribution in [2.75, 3.05) is 19.8 Å². The third kappa shape index (κ3) is 6.54. The summed E-state index contributed by atoms with van der Waals surface area (Å²) in [6.07, 6.45) is 1.09. The molecule has 0 bridgehead atoms. The SMILES string of the molecule is CCCOC[C@@H](I)CN. The minimum atomic E-state index is 0.481. The molecular weight excluding hydrogens is 229 g/mol. The highest BCUT2D eigenvalue weighted by Gasteiger charge is 1.98. The van der Waals surface area contributed by atoms with Crippen molar-refractivity contribution >= 4 is 22.6 Å². The van der Waals surface area contributed by atoms with Crippen LogP contribution in [-0.2, 0) is 4.74 Å². The Morgan fingerprint density at radius 1 is 1.67 bits per heavy atom. The predicted octanol–water partition coefficient (Wildman–Crippen LogP) is 1.18. The quantitative estimate of drug-likeness (QED) is 0.447. The zero-order chi connectivity index (χ0) is 7.11. The fraction of sp³-hybridized carbons (Fsp3) is 1.00. The van der Waals surface area contributed by atoms with Crippen LogP contribution in [0.5, 0.6) is 0 Å². The van der Waals surface area contributed by atoms with E-state index in [4.69, 9.17) is 10.5 Å². The summed E-state index contributed by atoms with van der Waals surface area (Å²) >= 11 is 2.30. The van der Waals surface area contributed by atoms with Crippen LogP contribution in [-0.4, -0.2) is 23.7 Å². The lowest BCUT2D eigenvalue weighted by atomic mass is 10.4. The number of rotatable bonds is 5. The van der Waals surface area contributed by atoms with E-state index in [2.05, 4.69) is 29.5 Å². The molecule has 0 radical (unpaired) electrons. The van der Waals surface area contributed by atoms with Crippen LogP contribution in [0.3, 0.4) is 0 Å². The Hall–Kier alpha value is 0.650. The predicted molar refractivity (Wildman–Crippen MR) is 48.0 cm³/mol. The van der Waals surface area contributed by atoms with E-state index < -0.39 is 0 Å². The number of alkyl halides is 1. The molecule has 0 unspecified atom stereocenters. The molecule has 0 saturated carbocycles. The van der Waals surface area contributed by atoms with Crippen molar-refractivity contribution in [3.05, 3.63) is 0 Å². The fourth-order valence-electron chi connectivity index (χ4n) is 0.424. The summed E-state index contributed by atoms with van der Waals surface area (Å²) in [5.41, 5.74) is 5.37. The smallest absolute Gasteiger partial charge is 0.0596 e. The Labute approximate surface area is 70.3 Å². The molecule has 0 aromatic carbocycles. The number of hydrogen-bond donors (Lipinski definition) is 1. The van der Waals surface area contributed by atoms with E-state index in [0.717, 1.165) is 19.6 Å². The molecule has 0 heterocycles. The Bertz CT molecular complexity index is 61.0. The molecule has 0 aliphatic rings. The Balaban J connectivity index is 2.88. The topological polar surface area (TPSA) is 35.2 Å². The maximum Gasteiger partial charge on any atom is 0.0596 e. The molecule has 1 atom stereocenters. The van der Waals surface area contributed by atoms with Gasteiger partial charge in [0.15, 0.2) is 0 Å². The van der Waals surface area contributed by atoms with Gasteiger partial charge in [0.25, 0.3) is 0 Å². The summed E-state index contributed by atoms with van der Waals surface area (Å²) in [6, 6.07) is 0. The van der Waals surface area contributed by atoms with Crippen molar-refractivity contribution in [2.45, 2.75) is 17.3 Å². The van der Waals surface area contributed by atoms with E-state index in [0.29, 0.717) is 10.5 Å². The maximum atomic E-state index is 5.37. The number of hydrogen-bond acceptors (Lipinski definition) is 2. The standard InChI is InChI=1S/C6H14INO/c1-2-3-9-5-6(7)4-8/h6H,2-5,8H2,1H3/t6-/m0/s1. The average molecular weight is 243 g/mol. The van der Waals surface area contributed by atoms with E-state index in [1.807, 2.05) is 0 Å². The van der Waals surface area contributed by atoms with E-state index in [9.17, 15) is 0 Å². The van der Waals surface area contributed by atoms with Crippen LogP contribution in [0.1, 0.15) is 13.3 Å². The van der Waals surface area contributed by atoms with Gasteiger partial charge in [0.2, 0.25) is 0 Å². The van der Waals surface area contributed by atoms with Gasteiger partial charge in [-0.2, -0.15) is 0 Å². The van der Waals surface area contributed by atoms with Crippen molar-refractivity contribution in [1.29, 1.82) is 0 Å². The summed E-state index contributed by atoms with van der Waals surface area (Å²) in [5, 5.41) is 0. The van der Waals surface area contributed by atoms with Gasteiger partial charge in [0, 0.05) is 17.1 Å². The number of halogens is 1. The zero-order valence-electron chi connectivity index (χ0n) is 5.77. The van der Waals surface area contributed by atoms with Crippen LogP contribution >= 0.6 is 22.6 Å². The Morgan fingerprint density at radius 2 is 2.33 bits per heavy atom. The molecule has 2 N–H and O–H groups in total. The minimum Gasteiger partial charge on any atom is -0.380 e. The second kappa shape index (κ2) is 6.77. The molecule has 56 valence electrons. The molecule has 0 saturated heterocycles. The maximum absolute atomic E-state index is 5.37. The summed E-state index contributed by atoms with van der Waals surface area (Å²) in [6.45, 7) is 4.47. The molecule has 0 aliphatic carbocycles. The fourth-order valence-corrected chi connectivity index (χ4v) is 0.678. The summed E-state index contributed by atoms with van der Waals surface area (Å²) in [5.74, 6) is 0. The third-order valence-electron chi connectivity index (χ3n) is 0.903. The van der Waals surface area contributed by atoms with Gasteiger partial charge in [0.05, 0.1) is 6.61 Å². The molecule has 0 aromatic rings. The van der Waals surface area contributed by atoms with Crippen LogP contribution in [0.25, 0.3) is 0 Å².